The summed E-state index contributed by atoms with van der Waals surface area (Å²) in [7, 11) is 1.95. The molecule has 2 aromatic carbocycles. The summed E-state index contributed by atoms with van der Waals surface area (Å²) >= 11 is 4.35. The minimum absolute atomic E-state index is 0.250. The average molecular weight is 496 g/mol. The first-order valence-corrected chi connectivity index (χ1v) is 13.0. The molecule has 2 aliphatic heterocycles. The molecule has 5 rings (SSSR count). The van der Waals surface area contributed by atoms with Gasteiger partial charge in [0.2, 0.25) is 6.41 Å². The highest BCUT2D eigenvalue weighted by Crippen LogP contribution is 2.28. The van der Waals surface area contributed by atoms with Crippen LogP contribution in [0.1, 0.15) is 38.7 Å². The minimum atomic E-state index is 0.250. The summed E-state index contributed by atoms with van der Waals surface area (Å²) in [5, 5.41) is 3.08. The number of benzene rings is 2. The van der Waals surface area contributed by atoms with E-state index in [0.29, 0.717) is 6.04 Å². The zero-order chi connectivity index (χ0) is 25.5. The summed E-state index contributed by atoms with van der Waals surface area (Å²) in [5.74, 6) is 0. The second-order valence-electron chi connectivity index (χ2n) is 8.43. The number of nitrogens with two attached hydrogens (primary N) is 1. The van der Waals surface area contributed by atoms with Gasteiger partial charge in [-0.15, -0.1) is 12.6 Å². The first-order chi connectivity index (χ1) is 17.1. The highest BCUT2D eigenvalue weighted by Gasteiger charge is 2.18. The molecule has 0 bridgehead atoms. The van der Waals surface area contributed by atoms with Gasteiger partial charge in [0.15, 0.2) is 0 Å². The number of ether oxygens (including phenoxy) is 1. The van der Waals surface area contributed by atoms with Crippen molar-refractivity contribution in [2.45, 2.75) is 50.6 Å². The smallest absolute Gasteiger partial charge is 0.204 e. The highest BCUT2D eigenvalue weighted by atomic mass is 32.1. The van der Waals surface area contributed by atoms with Crippen molar-refractivity contribution in [3.05, 3.63) is 77.4 Å². The van der Waals surface area contributed by atoms with Crippen LogP contribution in [0.4, 0.5) is 0 Å². The number of primary amides is 1. The quantitative estimate of drug-likeness (QED) is 0.402. The van der Waals surface area contributed by atoms with E-state index in [9.17, 15) is 0 Å². The van der Waals surface area contributed by atoms with Gasteiger partial charge in [-0.1, -0.05) is 68.0 Å². The van der Waals surface area contributed by atoms with Gasteiger partial charge in [-0.2, -0.15) is 0 Å². The summed E-state index contributed by atoms with van der Waals surface area (Å²) in [5.41, 5.74) is 11.3. The van der Waals surface area contributed by atoms with Crippen LogP contribution in [-0.2, 0) is 16.1 Å². The molecule has 5 nitrogen and oxygen atoms in total. The van der Waals surface area contributed by atoms with E-state index in [-0.39, 0.29) is 6.41 Å². The molecular formula is C29H41N3O2S. The van der Waals surface area contributed by atoms with Crippen molar-refractivity contribution in [3.8, 4) is 11.1 Å². The fraction of sp³-hybridized carbons (Fsp3) is 0.414. The van der Waals surface area contributed by atoms with E-state index in [1.165, 1.54) is 42.5 Å². The van der Waals surface area contributed by atoms with Crippen LogP contribution < -0.4 is 11.1 Å². The van der Waals surface area contributed by atoms with Crippen molar-refractivity contribution in [2.24, 2.45) is 5.73 Å². The maximum atomic E-state index is 8.58. The van der Waals surface area contributed by atoms with Gasteiger partial charge in [0.05, 0.1) is 19.3 Å². The fourth-order valence-corrected chi connectivity index (χ4v) is 4.23. The molecule has 3 N–H and O–H groups in total. The lowest BCUT2D eigenvalue weighted by molar-refractivity contribution is -0.106. The van der Waals surface area contributed by atoms with E-state index in [0.717, 1.165) is 31.2 Å². The summed E-state index contributed by atoms with van der Waals surface area (Å²) < 4.78 is 4.86. The molecule has 0 spiro atoms. The molecule has 0 unspecified atom stereocenters. The van der Waals surface area contributed by atoms with Crippen molar-refractivity contribution < 1.29 is 9.53 Å². The number of nitrogens with zero attached hydrogens (tertiary/aromatic N) is 1. The number of carbonyl (C=O) groups excluding carboxylic acids is 1. The lowest BCUT2D eigenvalue weighted by atomic mass is 9.91. The van der Waals surface area contributed by atoms with E-state index >= 15 is 0 Å². The number of likely N-dealkylation sites (N-methyl/N-ethyl adjacent to an activating group) is 1. The summed E-state index contributed by atoms with van der Waals surface area (Å²) in [4.78, 5) is 12.2. The second kappa shape index (κ2) is 16.3. The standard InChI is InChI=1S/C22H23NS.C4H9NO.C2H6.CH3NO/c24-22-11-9-20(10-12-22)19-7-5-17(6-8-19)15-23-14-13-18-3-1-2-4-21(18)16-23;1-5-4-2-6-3-4;1-2;2-1-3/h2,4-12,24H,1,3,13-16H2;4-5H,2-3H2,1H3;1-2H3;1H,(H2,2,3). The van der Waals surface area contributed by atoms with Crippen molar-refractivity contribution in [1.29, 1.82) is 0 Å². The Hall–Kier alpha value is -2.38. The van der Waals surface area contributed by atoms with E-state index in [4.69, 9.17) is 9.53 Å². The molecule has 35 heavy (non-hydrogen) atoms. The van der Waals surface area contributed by atoms with Gasteiger partial charge in [0.1, 0.15) is 0 Å². The first kappa shape index (κ1) is 28.9. The molecule has 1 aliphatic carbocycles. The topological polar surface area (TPSA) is 67.6 Å². The predicted octanol–water partition coefficient (Wildman–Crippen LogP) is 5.23. The lowest BCUT2D eigenvalue weighted by Crippen LogP contribution is -2.43. The molecule has 1 amide bonds. The van der Waals surface area contributed by atoms with E-state index in [2.05, 4.69) is 77.1 Å². The molecule has 0 aromatic heterocycles. The molecule has 0 saturated carbocycles. The van der Waals surface area contributed by atoms with E-state index < -0.39 is 0 Å². The van der Waals surface area contributed by atoms with Crippen LogP contribution in [0, 0.1) is 0 Å². The molecular weight excluding hydrogens is 454 g/mol. The molecule has 0 atom stereocenters. The molecule has 2 aromatic rings. The molecule has 6 heteroatoms. The normalized spacial score (nSPS) is 16.8. The number of hydrogen-bond acceptors (Lipinski definition) is 5. The van der Waals surface area contributed by atoms with Crippen LogP contribution >= 0.6 is 12.6 Å². The Labute approximate surface area is 216 Å². The van der Waals surface area contributed by atoms with Crippen LogP contribution in [-0.4, -0.2) is 50.7 Å². The van der Waals surface area contributed by atoms with Gasteiger partial charge in [0, 0.05) is 24.5 Å². The van der Waals surface area contributed by atoms with Gasteiger partial charge >= 0.3 is 0 Å². The highest BCUT2D eigenvalue weighted by molar-refractivity contribution is 7.80. The zero-order valence-electron chi connectivity index (χ0n) is 21.4. The molecule has 1 saturated heterocycles. The van der Waals surface area contributed by atoms with Crippen molar-refractivity contribution in [3.63, 3.8) is 0 Å². The first-order valence-electron chi connectivity index (χ1n) is 12.5. The van der Waals surface area contributed by atoms with Gasteiger partial charge < -0.3 is 15.8 Å². The van der Waals surface area contributed by atoms with Crippen LogP contribution in [0.15, 0.2) is 76.7 Å². The fourth-order valence-electron chi connectivity index (χ4n) is 4.08. The predicted molar refractivity (Wildman–Crippen MR) is 150 cm³/mol. The Balaban J connectivity index is 0.000000331. The number of nitrogens with one attached hydrogen (secondary N) is 1. The zero-order valence-corrected chi connectivity index (χ0v) is 22.3. The molecule has 0 radical (unpaired) electrons. The van der Waals surface area contributed by atoms with Gasteiger partial charge in [-0.25, -0.2) is 0 Å². The molecule has 3 aliphatic rings. The number of carbonyl (C=O) groups is 1. The Morgan fingerprint density at radius 1 is 1.06 bits per heavy atom. The number of allylic oxidation sites excluding steroid dienone is 1. The van der Waals surface area contributed by atoms with Crippen LogP contribution in [0.25, 0.3) is 11.1 Å². The monoisotopic (exact) mass is 495 g/mol. The van der Waals surface area contributed by atoms with Crippen LogP contribution in [0.3, 0.4) is 0 Å². The van der Waals surface area contributed by atoms with Gasteiger partial charge in [-0.3, -0.25) is 9.69 Å². The molecule has 190 valence electrons. The lowest BCUT2D eigenvalue weighted by Gasteiger charge is -2.31. The number of hydrogen-bond donors (Lipinski definition) is 3. The van der Waals surface area contributed by atoms with Gasteiger partial charge in [0.25, 0.3) is 0 Å². The summed E-state index contributed by atoms with van der Waals surface area (Å²) in [6, 6.07) is 18.0. The van der Waals surface area contributed by atoms with Crippen molar-refractivity contribution in [1.82, 2.24) is 10.2 Å². The third-order valence-corrected chi connectivity index (χ3v) is 6.41. The third-order valence-electron chi connectivity index (χ3n) is 6.12. The van der Waals surface area contributed by atoms with Crippen LogP contribution in [0.5, 0.6) is 0 Å². The van der Waals surface area contributed by atoms with Crippen molar-refractivity contribution in [2.75, 3.05) is 33.4 Å². The minimum Gasteiger partial charge on any atom is -0.378 e. The third kappa shape index (κ3) is 9.65. The Kier molecular flexibility index (Phi) is 13.5. The van der Waals surface area contributed by atoms with Gasteiger partial charge in [-0.05, 0) is 60.7 Å². The maximum Gasteiger partial charge on any atom is 0.204 e. The average Bonchev–Trinajstić information content (AvgIpc) is 2.86. The largest absolute Gasteiger partial charge is 0.378 e. The second-order valence-corrected chi connectivity index (χ2v) is 8.95. The molecule has 1 fully saturated rings. The van der Waals surface area contributed by atoms with E-state index in [1.807, 2.05) is 33.0 Å². The van der Waals surface area contributed by atoms with E-state index in [1.54, 1.807) is 11.1 Å². The number of amides is 1. The summed E-state index contributed by atoms with van der Waals surface area (Å²) in [6.07, 6.45) is 8.67. The number of thiol groups is 1. The number of rotatable bonds is 4. The Bertz CT molecular complexity index is 933. The Morgan fingerprint density at radius 3 is 2.17 bits per heavy atom. The maximum absolute atomic E-state index is 8.58. The van der Waals surface area contributed by atoms with Crippen molar-refractivity contribution >= 4 is 19.0 Å². The summed E-state index contributed by atoms with van der Waals surface area (Å²) in [6.45, 7) is 9.14. The Morgan fingerprint density at radius 2 is 1.66 bits per heavy atom. The molecule has 2 heterocycles. The van der Waals surface area contributed by atoms with Crippen LogP contribution in [0.2, 0.25) is 0 Å². The SMILES string of the molecule is CC.CNC1COC1.NC=O.Sc1ccc(-c2ccc(CN3CCC4=C(C=CCC4)C3)cc2)cc1.